The Morgan fingerprint density at radius 1 is 1.03 bits per heavy atom. The predicted octanol–water partition coefficient (Wildman–Crippen LogP) is 3.85. The van der Waals surface area contributed by atoms with Gasteiger partial charge in [0.25, 0.3) is 0 Å². The smallest absolute Gasteiger partial charge is 0.303 e. The maximum atomic E-state index is 13.2. The van der Waals surface area contributed by atoms with Gasteiger partial charge in [-0.05, 0) is 60.4 Å². The number of carboxylic acids is 1. The van der Waals surface area contributed by atoms with E-state index in [2.05, 4.69) is 5.32 Å². The average Bonchev–Trinajstić information content (AvgIpc) is 2.78. The van der Waals surface area contributed by atoms with Crippen molar-refractivity contribution in [3.8, 4) is 0 Å². The van der Waals surface area contributed by atoms with Crippen LogP contribution in [0.4, 0.5) is 4.39 Å². The van der Waals surface area contributed by atoms with Gasteiger partial charge in [0, 0.05) is 12.3 Å². The van der Waals surface area contributed by atoms with E-state index < -0.39 is 23.7 Å². The fourth-order valence-corrected chi connectivity index (χ4v) is 4.44. The second-order valence-electron chi connectivity index (χ2n) is 8.38. The van der Waals surface area contributed by atoms with Crippen molar-refractivity contribution < 1.29 is 23.9 Å². The number of aryl methyl sites for hydroxylation is 1. The summed E-state index contributed by atoms with van der Waals surface area (Å²) < 4.78 is 13.2. The molecule has 1 fully saturated rings. The number of rotatable bonds is 9. The molecule has 6 nitrogen and oxygen atoms in total. The molecule has 0 saturated heterocycles. The Balaban J connectivity index is 1.71. The molecule has 3 rings (SSSR count). The van der Waals surface area contributed by atoms with Gasteiger partial charge in [0.1, 0.15) is 11.9 Å². The highest BCUT2D eigenvalue weighted by atomic mass is 19.1. The largest absolute Gasteiger partial charge is 0.481 e. The lowest BCUT2D eigenvalue weighted by atomic mass is 9.74. The third-order valence-corrected chi connectivity index (χ3v) is 6.14. The number of halogens is 1. The van der Waals surface area contributed by atoms with E-state index in [-0.39, 0.29) is 24.2 Å². The van der Waals surface area contributed by atoms with E-state index in [1.807, 2.05) is 24.3 Å². The topological polar surface area (TPSA) is 109 Å². The number of carbonyl (C=O) groups excluding carboxylic acids is 2. The van der Waals surface area contributed by atoms with Crippen LogP contribution in [0.15, 0.2) is 48.5 Å². The van der Waals surface area contributed by atoms with Crippen molar-refractivity contribution in [2.45, 2.75) is 56.9 Å². The summed E-state index contributed by atoms with van der Waals surface area (Å²) in [6.07, 6.45) is 4.95. The van der Waals surface area contributed by atoms with Crippen LogP contribution in [0, 0.1) is 11.7 Å². The van der Waals surface area contributed by atoms with Crippen LogP contribution in [0.25, 0.3) is 0 Å². The molecule has 1 aliphatic carbocycles. The van der Waals surface area contributed by atoms with Crippen LogP contribution in [0.5, 0.6) is 0 Å². The number of carboxylic acid groups (broad SMARTS) is 1. The zero-order chi connectivity index (χ0) is 23.1. The Kier molecular flexibility index (Phi) is 7.98. The number of aliphatic carboxylic acids is 1. The van der Waals surface area contributed by atoms with E-state index in [9.17, 15) is 18.8 Å². The average molecular weight is 441 g/mol. The number of amides is 2. The van der Waals surface area contributed by atoms with Crippen molar-refractivity contribution in [2.75, 3.05) is 0 Å². The van der Waals surface area contributed by atoms with Gasteiger partial charge >= 0.3 is 5.97 Å². The van der Waals surface area contributed by atoms with E-state index in [1.165, 1.54) is 24.3 Å². The summed E-state index contributed by atoms with van der Waals surface area (Å²) in [5, 5.41) is 11.6. The molecular formula is C25H29FN2O4. The van der Waals surface area contributed by atoms with Gasteiger partial charge in [-0.15, -0.1) is 0 Å². The summed E-state index contributed by atoms with van der Waals surface area (Å²) in [4.78, 5) is 35.8. The fourth-order valence-electron chi connectivity index (χ4n) is 4.44. The second-order valence-corrected chi connectivity index (χ2v) is 8.38. The van der Waals surface area contributed by atoms with Gasteiger partial charge < -0.3 is 16.2 Å². The third-order valence-electron chi connectivity index (χ3n) is 6.14. The van der Waals surface area contributed by atoms with Gasteiger partial charge in [-0.2, -0.15) is 0 Å². The molecule has 1 saturated carbocycles. The van der Waals surface area contributed by atoms with Crippen molar-refractivity contribution in [3.05, 3.63) is 71.0 Å². The molecule has 0 radical (unpaired) electrons. The maximum Gasteiger partial charge on any atom is 0.303 e. The quantitative estimate of drug-likeness (QED) is 0.550. The highest BCUT2D eigenvalue weighted by Gasteiger charge is 2.34. The SMILES string of the molecule is NC(=O)C(NC(=O)[C@@H]1CCCC[C@H]1c1ccc(CCCC(=O)O)cc1)c1ccc(F)cc1. The molecule has 3 atom stereocenters. The van der Waals surface area contributed by atoms with Crippen molar-refractivity contribution in [3.63, 3.8) is 0 Å². The number of hydrogen-bond donors (Lipinski definition) is 3. The van der Waals surface area contributed by atoms with Crippen LogP contribution >= 0.6 is 0 Å². The normalized spacial score (nSPS) is 19.2. The molecule has 1 aliphatic rings. The van der Waals surface area contributed by atoms with Gasteiger partial charge in [0.05, 0.1) is 0 Å². The van der Waals surface area contributed by atoms with E-state index in [4.69, 9.17) is 10.8 Å². The number of primary amides is 1. The lowest BCUT2D eigenvalue weighted by Gasteiger charge is -2.32. The molecule has 7 heteroatoms. The van der Waals surface area contributed by atoms with Crippen molar-refractivity contribution >= 4 is 17.8 Å². The number of nitrogens with one attached hydrogen (secondary N) is 1. The van der Waals surface area contributed by atoms with Crippen molar-refractivity contribution in [2.24, 2.45) is 11.7 Å². The Bertz CT molecular complexity index is 943. The molecule has 0 aromatic heterocycles. The highest BCUT2D eigenvalue weighted by Crippen LogP contribution is 2.38. The zero-order valence-electron chi connectivity index (χ0n) is 17.9. The minimum atomic E-state index is -1.01. The lowest BCUT2D eigenvalue weighted by molar-refractivity contribution is -0.137. The molecule has 2 amide bonds. The Labute approximate surface area is 187 Å². The first-order valence-electron chi connectivity index (χ1n) is 11.0. The minimum Gasteiger partial charge on any atom is -0.481 e. The van der Waals surface area contributed by atoms with E-state index >= 15 is 0 Å². The fraction of sp³-hybridized carbons (Fsp3) is 0.400. The number of carbonyl (C=O) groups is 3. The van der Waals surface area contributed by atoms with Crippen LogP contribution in [0.1, 0.15) is 67.2 Å². The first-order valence-corrected chi connectivity index (χ1v) is 11.0. The molecule has 170 valence electrons. The predicted molar refractivity (Wildman–Crippen MR) is 118 cm³/mol. The molecule has 0 bridgehead atoms. The summed E-state index contributed by atoms with van der Waals surface area (Å²) in [7, 11) is 0. The zero-order valence-corrected chi connectivity index (χ0v) is 17.9. The summed E-state index contributed by atoms with van der Waals surface area (Å²) in [6.45, 7) is 0. The molecule has 2 aromatic rings. The van der Waals surface area contributed by atoms with Crippen LogP contribution in [0.3, 0.4) is 0 Å². The summed E-state index contributed by atoms with van der Waals surface area (Å²) >= 11 is 0. The molecule has 0 spiro atoms. The standard InChI is InChI=1S/C25H29FN2O4/c26-19-14-12-18(13-15-19)23(24(27)31)28-25(32)21-6-2-1-5-20(21)17-10-8-16(9-11-17)4-3-7-22(29)30/h8-15,20-21,23H,1-7H2,(H2,27,31)(H,28,32)(H,29,30)/t20-,21+,23?/m0/s1. The van der Waals surface area contributed by atoms with Gasteiger partial charge in [-0.1, -0.05) is 49.2 Å². The van der Waals surface area contributed by atoms with E-state index in [1.54, 1.807) is 0 Å². The van der Waals surface area contributed by atoms with Crippen molar-refractivity contribution in [1.29, 1.82) is 0 Å². The number of benzene rings is 2. The van der Waals surface area contributed by atoms with Crippen LogP contribution in [0.2, 0.25) is 0 Å². The van der Waals surface area contributed by atoms with Crippen LogP contribution in [-0.2, 0) is 20.8 Å². The van der Waals surface area contributed by atoms with Crippen LogP contribution < -0.4 is 11.1 Å². The van der Waals surface area contributed by atoms with Gasteiger partial charge in [-0.25, -0.2) is 4.39 Å². The lowest BCUT2D eigenvalue weighted by Crippen LogP contribution is -2.42. The summed E-state index contributed by atoms with van der Waals surface area (Å²) in [6, 6.07) is 12.4. The summed E-state index contributed by atoms with van der Waals surface area (Å²) in [5.41, 5.74) is 8.10. The molecule has 32 heavy (non-hydrogen) atoms. The van der Waals surface area contributed by atoms with Crippen molar-refractivity contribution in [1.82, 2.24) is 5.32 Å². The number of hydrogen-bond acceptors (Lipinski definition) is 3. The molecular weight excluding hydrogens is 411 g/mol. The second kappa shape index (κ2) is 10.9. The first kappa shape index (κ1) is 23.4. The minimum absolute atomic E-state index is 0.0264. The van der Waals surface area contributed by atoms with Gasteiger partial charge in [0.15, 0.2) is 0 Å². The third kappa shape index (κ3) is 6.15. The Morgan fingerprint density at radius 3 is 2.31 bits per heavy atom. The molecule has 4 N–H and O–H groups in total. The highest BCUT2D eigenvalue weighted by molar-refractivity contribution is 5.89. The first-order chi connectivity index (χ1) is 15.3. The molecule has 2 aromatic carbocycles. The maximum absolute atomic E-state index is 13.2. The molecule has 0 aliphatic heterocycles. The summed E-state index contributed by atoms with van der Waals surface area (Å²) in [5.74, 6) is -2.41. The van der Waals surface area contributed by atoms with E-state index in [0.717, 1.165) is 30.4 Å². The molecule has 1 unspecified atom stereocenters. The monoisotopic (exact) mass is 440 g/mol. The van der Waals surface area contributed by atoms with Crippen LogP contribution in [-0.4, -0.2) is 22.9 Å². The van der Waals surface area contributed by atoms with Gasteiger partial charge in [-0.3, -0.25) is 14.4 Å². The Hall–Kier alpha value is -3.22. The Morgan fingerprint density at radius 2 is 1.69 bits per heavy atom. The van der Waals surface area contributed by atoms with E-state index in [0.29, 0.717) is 24.8 Å². The molecule has 0 heterocycles. The van der Waals surface area contributed by atoms with Gasteiger partial charge in [0.2, 0.25) is 11.8 Å². The number of nitrogens with two attached hydrogens (primary N) is 1.